The first-order valence-corrected chi connectivity index (χ1v) is 7.37. The summed E-state index contributed by atoms with van der Waals surface area (Å²) in [5.74, 6) is -0.806. The maximum atomic E-state index is 12.6. The van der Waals surface area contributed by atoms with Crippen LogP contribution in [0.1, 0.15) is 57.6 Å². The SMILES string of the molecule is Cc1nc2n(c(=O)c1NC(=O)OC(C)(C)C)[C@H](C(=O)O)C[C@H]2C. The van der Waals surface area contributed by atoms with Gasteiger partial charge < -0.3 is 9.84 Å². The van der Waals surface area contributed by atoms with Gasteiger partial charge in [-0.05, 0) is 34.1 Å². The average Bonchev–Trinajstić information content (AvgIpc) is 2.70. The maximum Gasteiger partial charge on any atom is 0.412 e. The molecule has 1 aromatic heterocycles. The van der Waals surface area contributed by atoms with Crippen LogP contribution in [-0.4, -0.2) is 32.3 Å². The second-order valence-corrected chi connectivity index (χ2v) is 6.72. The summed E-state index contributed by atoms with van der Waals surface area (Å²) in [5.41, 5.74) is -1.00. The molecule has 2 heterocycles. The highest BCUT2D eigenvalue weighted by molar-refractivity contribution is 5.85. The third-order valence-corrected chi connectivity index (χ3v) is 3.56. The lowest BCUT2D eigenvalue weighted by atomic mass is 10.1. The fourth-order valence-corrected chi connectivity index (χ4v) is 2.62. The predicted octanol–water partition coefficient (Wildman–Crippen LogP) is 2.03. The Kier molecular flexibility index (Phi) is 4.19. The Bertz CT molecular complexity index is 717. The molecule has 0 aromatic carbocycles. The number of hydrogen-bond donors (Lipinski definition) is 2. The summed E-state index contributed by atoms with van der Waals surface area (Å²) in [6, 6.07) is -0.972. The van der Waals surface area contributed by atoms with E-state index in [1.807, 2.05) is 6.92 Å². The first-order valence-electron chi connectivity index (χ1n) is 7.37. The lowest BCUT2D eigenvalue weighted by Crippen LogP contribution is -2.34. The van der Waals surface area contributed by atoms with Crippen molar-refractivity contribution in [3.63, 3.8) is 0 Å². The molecule has 8 heteroatoms. The zero-order valence-corrected chi connectivity index (χ0v) is 13.8. The van der Waals surface area contributed by atoms with Crippen molar-refractivity contribution in [3.8, 4) is 0 Å². The molecule has 0 spiro atoms. The molecule has 0 radical (unpaired) electrons. The van der Waals surface area contributed by atoms with Crippen LogP contribution in [0.15, 0.2) is 4.79 Å². The Morgan fingerprint density at radius 3 is 2.52 bits per heavy atom. The molecule has 0 aliphatic carbocycles. The molecule has 0 unspecified atom stereocenters. The number of amides is 1. The van der Waals surface area contributed by atoms with Crippen molar-refractivity contribution >= 4 is 17.7 Å². The summed E-state index contributed by atoms with van der Waals surface area (Å²) in [5, 5.41) is 11.7. The number of carboxylic acid groups (broad SMARTS) is 1. The number of hydrogen-bond acceptors (Lipinski definition) is 5. The van der Waals surface area contributed by atoms with E-state index in [0.29, 0.717) is 17.9 Å². The Morgan fingerprint density at radius 2 is 2.00 bits per heavy atom. The second-order valence-electron chi connectivity index (χ2n) is 6.72. The van der Waals surface area contributed by atoms with Crippen LogP contribution < -0.4 is 10.9 Å². The number of aliphatic carboxylic acids is 1. The molecule has 126 valence electrons. The van der Waals surface area contributed by atoms with Gasteiger partial charge in [-0.2, -0.15) is 0 Å². The van der Waals surface area contributed by atoms with Gasteiger partial charge in [-0.3, -0.25) is 14.7 Å². The lowest BCUT2D eigenvalue weighted by Gasteiger charge is -2.20. The zero-order chi connectivity index (χ0) is 17.5. The molecule has 23 heavy (non-hydrogen) atoms. The van der Waals surface area contributed by atoms with Crippen LogP contribution in [0.5, 0.6) is 0 Å². The number of fused-ring (bicyclic) bond motifs is 1. The second kappa shape index (κ2) is 5.68. The van der Waals surface area contributed by atoms with E-state index >= 15 is 0 Å². The molecule has 1 aliphatic rings. The number of carbonyl (C=O) groups is 2. The van der Waals surface area contributed by atoms with Gasteiger partial charge in [0, 0.05) is 5.92 Å². The molecule has 1 aromatic rings. The fourth-order valence-electron chi connectivity index (χ4n) is 2.62. The van der Waals surface area contributed by atoms with Gasteiger partial charge in [-0.1, -0.05) is 6.92 Å². The van der Waals surface area contributed by atoms with E-state index in [0.717, 1.165) is 4.57 Å². The van der Waals surface area contributed by atoms with Crippen molar-refractivity contribution < 1.29 is 19.4 Å². The summed E-state index contributed by atoms with van der Waals surface area (Å²) in [4.78, 5) is 40.2. The van der Waals surface area contributed by atoms with Gasteiger partial charge in [0.05, 0.1) is 5.69 Å². The number of nitrogens with one attached hydrogen (secondary N) is 1. The number of anilines is 1. The third-order valence-electron chi connectivity index (χ3n) is 3.56. The highest BCUT2D eigenvalue weighted by Crippen LogP contribution is 2.34. The van der Waals surface area contributed by atoms with Gasteiger partial charge in [0.25, 0.3) is 5.56 Å². The van der Waals surface area contributed by atoms with Gasteiger partial charge in [0.15, 0.2) is 0 Å². The third kappa shape index (κ3) is 3.35. The van der Waals surface area contributed by atoms with Crippen LogP contribution in [-0.2, 0) is 9.53 Å². The van der Waals surface area contributed by atoms with Gasteiger partial charge in [-0.25, -0.2) is 14.6 Å². The number of rotatable bonds is 2. The summed E-state index contributed by atoms with van der Waals surface area (Å²) in [6.45, 7) is 8.53. The number of aromatic nitrogens is 2. The van der Waals surface area contributed by atoms with Crippen molar-refractivity contribution in [1.29, 1.82) is 0 Å². The average molecular weight is 323 g/mol. The number of aryl methyl sites for hydroxylation is 1. The minimum atomic E-state index is -1.09. The Labute approximate surface area is 133 Å². The molecule has 2 rings (SSSR count). The predicted molar refractivity (Wildman–Crippen MR) is 82.8 cm³/mol. The molecule has 2 N–H and O–H groups in total. The van der Waals surface area contributed by atoms with Gasteiger partial charge in [0.2, 0.25) is 0 Å². The number of ether oxygens (including phenoxy) is 1. The van der Waals surface area contributed by atoms with E-state index in [4.69, 9.17) is 4.74 Å². The van der Waals surface area contributed by atoms with E-state index in [9.17, 15) is 19.5 Å². The van der Waals surface area contributed by atoms with Gasteiger partial charge in [0.1, 0.15) is 23.2 Å². The van der Waals surface area contributed by atoms with Crippen LogP contribution in [0.2, 0.25) is 0 Å². The Balaban J connectivity index is 2.44. The van der Waals surface area contributed by atoms with Crippen LogP contribution >= 0.6 is 0 Å². The smallest absolute Gasteiger partial charge is 0.412 e. The zero-order valence-electron chi connectivity index (χ0n) is 13.8. The maximum absolute atomic E-state index is 12.6. The highest BCUT2D eigenvalue weighted by atomic mass is 16.6. The highest BCUT2D eigenvalue weighted by Gasteiger charge is 2.36. The van der Waals surface area contributed by atoms with Crippen LogP contribution in [0.4, 0.5) is 10.5 Å². The molecular weight excluding hydrogens is 302 g/mol. The van der Waals surface area contributed by atoms with Crippen LogP contribution in [0.3, 0.4) is 0 Å². The summed E-state index contributed by atoms with van der Waals surface area (Å²) in [6.07, 6.45) is -0.481. The summed E-state index contributed by atoms with van der Waals surface area (Å²) < 4.78 is 6.27. The van der Waals surface area contributed by atoms with Gasteiger partial charge >= 0.3 is 12.1 Å². The summed E-state index contributed by atoms with van der Waals surface area (Å²) in [7, 11) is 0. The van der Waals surface area contributed by atoms with Crippen molar-refractivity contribution in [3.05, 3.63) is 21.9 Å². The number of carbonyl (C=O) groups excluding carboxylic acids is 1. The first-order chi connectivity index (χ1) is 10.5. The quantitative estimate of drug-likeness (QED) is 0.861. The molecule has 0 fully saturated rings. The number of nitrogens with zero attached hydrogens (tertiary/aromatic N) is 2. The van der Waals surface area contributed by atoms with Crippen LogP contribution in [0, 0.1) is 6.92 Å². The van der Waals surface area contributed by atoms with E-state index in [1.165, 1.54) is 0 Å². The molecule has 0 bridgehead atoms. The Morgan fingerprint density at radius 1 is 1.39 bits per heavy atom. The largest absolute Gasteiger partial charge is 0.480 e. The van der Waals surface area contributed by atoms with Crippen LogP contribution in [0.25, 0.3) is 0 Å². The molecule has 8 nitrogen and oxygen atoms in total. The molecule has 0 saturated heterocycles. The summed E-state index contributed by atoms with van der Waals surface area (Å²) >= 11 is 0. The molecule has 2 atom stereocenters. The monoisotopic (exact) mass is 323 g/mol. The number of carboxylic acids is 1. The lowest BCUT2D eigenvalue weighted by molar-refractivity contribution is -0.140. The van der Waals surface area contributed by atoms with E-state index in [-0.39, 0.29) is 11.6 Å². The molecular formula is C15H21N3O5. The van der Waals surface area contributed by atoms with E-state index in [1.54, 1.807) is 27.7 Å². The molecule has 0 saturated carbocycles. The fraction of sp³-hybridized carbons (Fsp3) is 0.600. The van der Waals surface area contributed by atoms with Crippen molar-refractivity contribution in [2.45, 2.75) is 58.6 Å². The topological polar surface area (TPSA) is 111 Å². The van der Waals surface area contributed by atoms with Crippen molar-refractivity contribution in [2.24, 2.45) is 0 Å². The van der Waals surface area contributed by atoms with E-state index < -0.39 is 29.3 Å². The first kappa shape index (κ1) is 17.0. The van der Waals surface area contributed by atoms with Gasteiger partial charge in [-0.15, -0.1) is 0 Å². The van der Waals surface area contributed by atoms with E-state index in [2.05, 4.69) is 10.3 Å². The minimum absolute atomic E-state index is 0.0525. The molecule has 1 aliphatic heterocycles. The normalized spacial score (nSPS) is 20.0. The Hall–Kier alpha value is -2.38. The minimum Gasteiger partial charge on any atom is -0.480 e. The van der Waals surface area contributed by atoms with Crippen molar-refractivity contribution in [1.82, 2.24) is 9.55 Å². The van der Waals surface area contributed by atoms with Crippen molar-refractivity contribution in [2.75, 3.05) is 5.32 Å². The standard InChI is InChI=1S/C15H21N3O5/c1-7-6-9(13(20)21)18-11(7)16-8(2)10(12(18)19)17-14(22)23-15(3,4)5/h7,9H,6H2,1-5H3,(H,17,22)(H,20,21)/t7-,9+/m1/s1. The molecule has 1 amide bonds.